The Morgan fingerprint density at radius 1 is 0.750 bits per heavy atom. The van der Waals surface area contributed by atoms with Gasteiger partial charge in [-0.05, 0) is 0 Å². The zero-order chi connectivity index (χ0) is 20.7. The van der Waals surface area contributed by atoms with Crippen molar-refractivity contribution >= 4 is 32.7 Å². The van der Waals surface area contributed by atoms with E-state index in [0.29, 0.717) is 17.5 Å². The zero-order valence-electron chi connectivity index (χ0n) is 14.9. The smallest absolute Gasteiger partial charge is 0.418 e. The predicted molar refractivity (Wildman–Crippen MR) is 104 cm³/mol. The van der Waals surface area contributed by atoms with Crippen LogP contribution < -0.4 is 0 Å². The van der Waals surface area contributed by atoms with Crippen molar-refractivity contribution in [3.05, 3.63) is 92.9 Å². The summed E-state index contributed by atoms with van der Waals surface area (Å²) in [7, 11) is -6.00. The molecule has 3 rings (SSSR count). The van der Waals surface area contributed by atoms with Gasteiger partial charge in [-0.2, -0.15) is 0 Å². The Morgan fingerprint density at radius 3 is 1.39 bits per heavy atom. The van der Waals surface area contributed by atoms with Crippen LogP contribution in [0, 0.1) is 0 Å². The molecule has 0 aromatic heterocycles. The maximum absolute atomic E-state index is 12.7. The van der Waals surface area contributed by atoms with Crippen LogP contribution in [0.4, 0.5) is 17.3 Å². The number of ketones is 2. The number of carbonyl (C=O) groups excluding carboxylic acids is 2. The third-order valence-electron chi connectivity index (χ3n) is 3.79. The maximum atomic E-state index is 12.7. The minimum absolute atomic E-state index is 0.0598. The molecule has 0 aliphatic carbocycles. The number of carbonyl (C=O) groups is 2. The molecule has 0 saturated heterocycles. The van der Waals surface area contributed by atoms with E-state index in [0.717, 1.165) is 8.94 Å². The average Bonchev–Trinajstić information content (AvgIpc) is 2.67. The third kappa shape index (κ3) is 6.32. The predicted octanol–water partition coefficient (Wildman–Crippen LogP) is 5.51. The number of hydrogen-bond donors (Lipinski definition) is 0. The van der Waals surface area contributed by atoms with Crippen LogP contribution >= 0.6 is 0 Å². The molecular weight excluding hydrogens is 438 g/mol. The minimum Gasteiger partial charge on any atom is -0.418 e. The SMILES string of the molecule is C[Se+]1C(C(=O)c2ccccc2)=CCC=C1C(=O)c1ccccc1.F[B-](F)(F)F. The first kappa shape index (κ1) is 21.9. The summed E-state index contributed by atoms with van der Waals surface area (Å²) in [5.41, 5.74) is 1.39. The van der Waals surface area contributed by atoms with Gasteiger partial charge in [-0.1, -0.05) is 0 Å². The van der Waals surface area contributed by atoms with E-state index < -0.39 is 21.2 Å². The molecule has 2 aromatic rings. The van der Waals surface area contributed by atoms with Crippen LogP contribution in [0.1, 0.15) is 27.1 Å². The first-order valence-electron chi connectivity index (χ1n) is 8.31. The van der Waals surface area contributed by atoms with Crippen LogP contribution in [0.5, 0.6) is 0 Å². The molecule has 1 heterocycles. The van der Waals surface area contributed by atoms with E-state index in [9.17, 15) is 26.9 Å². The molecule has 0 saturated carbocycles. The van der Waals surface area contributed by atoms with E-state index in [2.05, 4.69) is 5.82 Å². The molecule has 0 spiro atoms. The first-order valence-corrected chi connectivity index (χ1v) is 11.7. The molecular formula is C20H17BF4O2Se. The van der Waals surface area contributed by atoms with E-state index in [-0.39, 0.29) is 11.6 Å². The van der Waals surface area contributed by atoms with E-state index in [1.807, 2.05) is 72.8 Å². The van der Waals surface area contributed by atoms with Gasteiger partial charge in [0.15, 0.2) is 0 Å². The van der Waals surface area contributed by atoms with Crippen LogP contribution in [-0.2, 0) is 0 Å². The number of hydrogen-bond acceptors (Lipinski definition) is 2. The topological polar surface area (TPSA) is 34.1 Å². The van der Waals surface area contributed by atoms with Crippen molar-refractivity contribution in [2.75, 3.05) is 0 Å². The molecule has 0 radical (unpaired) electrons. The van der Waals surface area contributed by atoms with Gasteiger partial charge in [0.25, 0.3) is 0 Å². The first-order chi connectivity index (χ1) is 13.2. The molecule has 2 nitrogen and oxygen atoms in total. The Labute approximate surface area is 164 Å². The summed E-state index contributed by atoms with van der Waals surface area (Å²) in [5.74, 6) is 2.17. The number of benzene rings is 2. The normalized spacial score (nSPS) is 14.3. The van der Waals surface area contributed by atoms with Crippen LogP contribution in [0.15, 0.2) is 81.8 Å². The van der Waals surface area contributed by atoms with Crippen molar-refractivity contribution in [3.63, 3.8) is 0 Å². The number of rotatable bonds is 4. The fraction of sp³-hybridized carbons (Fsp3) is 0.100. The average molecular weight is 455 g/mol. The summed E-state index contributed by atoms with van der Waals surface area (Å²) in [6.07, 6.45) is 4.62. The Balaban J connectivity index is 0.000000500. The Hall–Kier alpha value is -2.44. The largest absolute Gasteiger partial charge is 0.673 e. The molecule has 0 fully saturated rings. The van der Waals surface area contributed by atoms with Crippen molar-refractivity contribution in [2.24, 2.45) is 0 Å². The molecule has 1 aliphatic heterocycles. The Bertz CT molecular complexity index is 820. The van der Waals surface area contributed by atoms with Gasteiger partial charge in [-0.3, -0.25) is 0 Å². The van der Waals surface area contributed by atoms with Gasteiger partial charge in [-0.25, -0.2) is 0 Å². The summed E-state index contributed by atoms with van der Waals surface area (Å²) in [6, 6.07) is 18.6. The zero-order valence-corrected chi connectivity index (χ0v) is 16.7. The molecule has 0 unspecified atom stereocenters. The van der Waals surface area contributed by atoms with Crippen LogP contribution in [0.25, 0.3) is 0 Å². The third-order valence-corrected chi connectivity index (χ3v) is 8.03. The van der Waals surface area contributed by atoms with Crippen molar-refractivity contribution in [1.82, 2.24) is 0 Å². The van der Waals surface area contributed by atoms with Crippen molar-refractivity contribution in [3.8, 4) is 0 Å². The van der Waals surface area contributed by atoms with Gasteiger partial charge in [0.05, 0.1) is 0 Å². The molecule has 0 N–H and O–H groups in total. The van der Waals surface area contributed by atoms with E-state index in [4.69, 9.17) is 0 Å². The molecule has 1 aliphatic rings. The van der Waals surface area contributed by atoms with Crippen LogP contribution in [0.3, 0.4) is 0 Å². The van der Waals surface area contributed by atoms with Crippen molar-refractivity contribution in [2.45, 2.75) is 12.2 Å². The fourth-order valence-electron chi connectivity index (χ4n) is 2.57. The molecule has 146 valence electrons. The molecule has 0 atom stereocenters. The molecule has 0 amide bonds. The second-order valence-corrected chi connectivity index (χ2v) is 9.75. The molecule has 2 aromatic carbocycles. The fourth-order valence-corrected chi connectivity index (χ4v) is 6.18. The summed E-state index contributed by atoms with van der Waals surface area (Å²) >= 11 is -1.60. The molecule has 8 heteroatoms. The number of halogens is 4. The van der Waals surface area contributed by atoms with Crippen molar-refractivity contribution < 1.29 is 26.9 Å². The van der Waals surface area contributed by atoms with Gasteiger partial charge in [0.1, 0.15) is 0 Å². The minimum atomic E-state index is -6.00. The molecule has 28 heavy (non-hydrogen) atoms. The van der Waals surface area contributed by atoms with Gasteiger partial charge >= 0.3 is 147 Å². The summed E-state index contributed by atoms with van der Waals surface area (Å²) < 4.78 is 40.7. The summed E-state index contributed by atoms with van der Waals surface area (Å²) in [5, 5.41) is 0. The van der Waals surface area contributed by atoms with Gasteiger partial charge in [0, 0.05) is 0 Å². The molecule has 0 bridgehead atoms. The van der Waals surface area contributed by atoms with Gasteiger partial charge in [-0.15, -0.1) is 0 Å². The van der Waals surface area contributed by atoms with Gasteiger partial charge < -0.3 is 17.3 Å². The Morgan fingerprint density at radius 2 is 1.07 bits per heavy atom. The van der Waals surface area contributed by atoms with E-state index in [1.165, 1.54) is 0 Å². The van der Waals surface area contributed by atoms with Crippen LogP contribution in [-0.4, -0.2) is 32.7 Å². The summed E-state index contributed by atoms with van der Waals surface area (Å²) in [6.45, 7) is 0. The summed E-state index contributed by atoms with van der Waals surface area (Å²) in [4.78, 5) is 25.5. The standard InChI is InChI=1S/C20H17O2Se.BF4/c1-23-17(19(21)15-9-4-2-5-10-15)13-8-14-18(23)20(22)16-11-6-3-7-12-16;2-1(3,4)5/h2-7,9-14H,8H2,1H3;/q+1;-1. The second-order valence-electron chi connectivity index (χ2n) is 5.77. The Kier molecular flexibility index (Phi) is 7.55. The second kappa shape index (κ2) is 9.67. The maximum Gasteiger partial charge on any atom is 0.673 e. The van der Waals surface area contributed by atoms with E-state index in [1.54, 1.807) is 0 Å². The van der Waals surface area contributed by atoms with E-state index >= 15 is 0 Å². The van der Waals surface area contributed by atoms with Gasteiger partial charge in [0.2, 0.25) is 0 Å². The van der Waals surface area contributed by atoms with Crippen LogP contribution in [0.2, 0.25) is 5.82 Å². The number of allylic oxidation sites excluding steroid dienone is 4. The monoisotopic (exact) mass is 456 g/mol. The number of Topliss-reactive ketones (excluding diaryl/α,β-unsaturated/α-hetero) is 2. The quantitative estimate of drug-likeness (QED) is 0.346. The van der Waals surface area contributed by atoms with Crippen molar-refractivity contribution in [1.29, 1.82) is 0 Å².